The molecule has 2 amide bonds. The van der Waals surface area contributed by atoms with Gasteiger partial charge in [-0.05, 0) is 36.4 Å². The van der Waals surface area contributed by atoms with Gasteiger partial charge in [0.1, 0.15) is 5.76 Å². The van der Waals surface area contributed by atoms with E-state index >= 15 is 0 Å². The SMILES string of the molecule is COc1ccc(NC(=O)c2ccccc2NC(=O)CCc2ccco2)cc1OC. The maximum atomic E-state index is 12.8. The number of carbonyl (C=O) groups excluding carboxylic acids is 2. The van der Waals surface area contributed by atoms with Crippen LogP contribution >= 0.6 is 0 Å². The Hall–Kier alpha value is -3.74. The predicted molar refractivity (Wildman–Crippen MR) is 110 cm³/mol. The maximum Gasteiger partial charge on any atom is 0.257 e. The highest BCUT2D eigenvalue weighted by Gasteiger charge is 2.15. The Morgan fingerprint density at radius 3 is 2.45 bits per heavy atom. The zero-order chi connectivity index (χ0) is 20.6. The molecule has 0 unspecified atom stereocenters. The largest absolute Gasteiger partial charge is 0.493 e. The van der Waals surface area contributed by atoms with Crippen molar-refractivity contribution in [1.29, 1.82) is 0 Å². The molecule has 7 nitrogen and oxygen atoms in total. The molecule has 0 aliphatic rings. The molecule has 0 saturated heterocycles. The van der Waals surface area contributed by atoms with Gasteiger partial charge in [-0.25, -0.2) is 0 Å². The van der Waals surface area contributed by atoms with Crippen LogP contribution in [0.25, 0.3) is 0 Å². The normalized spacial score (nSPS) is 10.3. The first-order valence-corrected chi connectivity index (χ1v) is 9.05. The molecule has 7 heteroatoms. The van der Waals surface area contributed by atoms with E-state index in [1.165, 1.54) is 7.11 Å². The van der Waals surface area contributed by atoms with E-state index in [1.807, 2.05) is 6.07 Å². The number of para-hydroxylation sites is 1. The van der Waals surface area contributed by atoms with Gasteiger partial charge in [0.2, 0.25) is 5.91 Å². The maximum absolute atomic E-state index is 12.8. The van der Waals surface area contributed by atoms with Crippen LogP contribution in [-0.2, 0) is 11.2 Å². The van der Waals surface area contributed by atoms with E-state index in [0.717, 1.165) is 5.76 Å². The number of hydrogen-bond donors (Lipinski definition) is 2. The number of anilines is 2. The zero-order valence-corrected chi connectivity index (χ0v) is 16.2. The van der Waals surface area contributed by atoms with E-state index in [2.05, 4.69) is 10.6 Å². The second kappa shape index (κ2) is 9.45. The molecule has 0 atom stereocenters. The Morgan fingerprint density at radius 2 is 1.72 bits per heavy atom. The highest BCUT2D eigenvalue weighted by Crippen LogP contribution is 2.30. The third kappa shape index (κ3) is 5.16. The molecule has 0 spiro atoms. The Kier molecular flexibility index (Phi) is 6.52. The summed E-state index contributed by atoms with van der Waals surface area (Å²) in [6, 6.07) is 15.5. The first-order valence-electron chi connectivity index (χ1n) is 9.05. The fourth-order valence-electron chi connectivity index (χ4n) is 2.81. The van der Waals surface area contributed by atoms with Gasteiger partial charge >= 0.3 is 0 Å². The van der Waals surface area contributed by atoms with Crippen LogP contribution in [0.3, 0.4) is 0 Å². The van der Waals surface area contributed by atoms with Crippen LogP contribution in [0.4, 0.5) is 11.4 Å². The van der Waals surface area contributed by atoms with Crippen molar-refractivity contribution in [2.45, 2.75) is 12.8 Å². The average Bonchev–Trinajstić information content (AvgIpc) is 3.26. The van der Waals surface area contributed by atoms with E-state index in [1.54, 1.807) is 61.9 Å². The number of amides is 2. The first-order chi connectivity index (χ1) is 14.1. The van der Waals surface area contributed by atoms with Gasteiger partial charge in [0.05, 0.1) is 31.7 Å². The molecular formula is C22H22N2O5. The standard InChI is InChI=1S/C22H22N2O5/c1-27-19-11-9-15(14-20(19)28-2)23-22(26)17-7-3-4-8-18(17)24-21(25)12-10-16-6-5-13-29-16/h3-9,11,13-14H,10,12H2,1-2H3,(H,23,26)(H,24,25). The molecule has 150 valence electrons. The number of carbonyl (C=O) groups is 2. The minimum Gasteiger partial charge on any atom is -0.493 e. The van der Waals surface area contributed by atoms with E-state index < -0.39 is 0 Å². The molecule has 2 aromatic carbocycles. The van der Waals surface area contributed by atoms with Crippen molar-refractivity contribution in [3.63, 3.8) is 0 Å². The zero-order valence-electron chi connectivity index (χ0n) is 16.2. The van der Waals surface area contributed by atoms with Gasteiger partial charge < -0.3 is 24.5 Å². The monoisotopic (exact) mass is 394 g/mol. The lowest BCUT2D eigenvalue weighted by Gasteiger charge is -2.13. The van der Waals surface area contributed by atoms with Crippen LogP contribution in [0.2, 0.25) is 0 Å². The highest BCUT2D eigenvalue weighted by atomic mass is 16.5. The van der Waals surface area contributed by atoms with Crippen molar-refractivity contribution in [3.05, 3.63) is 72.2 Å². The molecule has 0 radical (unpaired) electrons. The second-order valence-electron chi connectivity index (χ2n) is 6.20. The van der Waals surface area contributed by atoms with Crippen LogP contribution in [0.15, 0.2) is 65.3 Å². The molecule has 29 heavy (non-hydrogen) atoms. The van der Waals surface area contributed by atoms with Crippen molar-refractivity contribution >= 4 is 23.2 Å². The number of nitrogens with one attached hydrogen (secondary N) is 2. The quantitative estimate of drug-likeness (QED) is 0.600. The van der Waals surface area contributed by atoms with Gasteiger partial charge in [0.25, 0.3) is 5.91 Å². The summed E-state index contributed by atoms with van der Waals surface area (Å²) in [5.41, 5.74) is 1.34. The third-order valence-electron chi connectivity index (χ3n) is 4.27. The van der Waals surface area contributed by atoms with Crippen molar-refractivity contribution in [3.8, 4) is 11.5 Å². The van der Waals surface area contributed by atoms with Crippen molar-refractivity contribution in [2.24, 2.45) is 0 Å². The Balaban J connectivity index is 1.69. The van der Waals surface area contributed by atoms with E-state index in [-0.39, 0.29) is 18.2 Å². The van der Waals surface area contributed by atoms with Gasteiger partial charge in [-0.2, -0.15) is 0 Å². The molecule has 3 rings (SSSR count). The van der Waals surface area contributed by atoms with E-state index in [4.69, 9.17) is 13.9 Å². The van der Waals surface area contributed by atoms with Gasteiger partial charge in [-0.1, -0.05) is 12.1 Å². The summed E-state index contributed by atoms with van der Waals surface area (Å²) < 4.78 is 15.7. The third-order valence-corrected chi connectivity index (χ3v) is 4.27. The fourth-order valence-corrected chi connectivity index (χ4v) is 2.81. The summed E-state index contributed by atoms with van der Waals surface area (Å²) in [4.78, 5) is 25.0. The number of furan rings is 1. The number of aryl methyl sites for hydroxylation is 1. The number of methoxy groups -OCH3 is 2. The molecule has 3 aromatic rings. The highest BCUT2D eigenvalue weighted by molar-refractivity contribution is 6.10. The summed E-state index contributed by atoms with van der Waals surface area (Å²) in [5, 5.41) is 5.61. The van der Waals surface area contributed by atoms with Crippen molar-refractivity contribution < 1.29 is 23.5 Å². The van der Waals surface area contributed by atoms with Crippen LogP contribution in [-0.4, -0.2) is 26.0 Å². The number of benzene rings is 2. The van der Waals surface area contributed by atoms with E-state index in [0.29, 0.717) is 34.9 Å². The fraction of sp³-hybridized carbons (Fsp3) is 0.182. The van der Waals surface area contributed by atoms with Gasteiger partial charge in [0.15, 0.2) is 11.5 Å². The summed E-state index contributed by atoms with van der Waals surface area (Å²) in [7, 11) is 3.07. The lowest BCUT2D eigenvalue weighted by molar-refractivity contribution is -0.116. The van der Waals surface area contributed by atoms with Crippen LogP contribution in [0, 0.1) is 0 Å². The Morgan fingerprint density at radius 1 is 0.931 bits per heavy atom. The number of ether oxygens (including phenoxy) is 2. The number of hydrogen-bond acceptors (Lipinski definition) is 5. The minimum atomic E-state index is -0.348. The molecule has 0 aliphatic carbocycles. The van der Waals surface area contributed by atoms with Crippen LogP contribution < -0.4 is 20.1 Å². The van der Waals surface area contributed by atoms with Crippen LogP contribution in [0.5, 0.6) is 11.5 Å². The van der Waals surface area contributed by atoms with Gasteiger partial charge in [-0.15, -0.1) is 0 Å². The van der Waals surface area contributed by atoms with Crippen molar-refractivity contribution in [1.82, 2.24) is 0 Å². The Labute approximate surface area is 168 Å². The summed E-state index contributed by atoms with van der Waals surface area (Å²) in [6.07, 6.45) is 2.30. The molecule has 0 saturated carbocycles. The van der Waals surface area contributed by atoms with Crippen LogP contribution in [0.1, 0.15) is 22.5 Å². The molecule has 1 aromatic heterocycles. The smallest absolute Gasteiger partial charge is 0.257 e. The molecular weight excluding hydrogens is 372 g/mol. The lowest BCUT2D eigenvalue weighted by Crippen LogP contribution is -2.18. The Bertz CT molecular complexity index is 983. The predicted octanol–water partition coefficient (Wildman–Crippen LogP) is 4.12. The molecule has 0 aliphatic heterocycles. The first kappa shape index (κ1) is 20.0. The molecule has 0 fully saturated rings. The summed E-state index contributed by atoms with van der Waals surface area (Å²) in [5.74, 6) is 1.26. The molecule has 2 N–H and O–H groups in total. The van der Waals surface area contributed by atoms with Crippen molar-refractivity contribution in [2.75, 3.05) is 24.9 Å². The average molecular weight is 394 g/mol. The minimum absolute atomic E-state index is 0.201. The second-order valence-corrected chi connectivity index (χ2v) is 6.20. The number of rotatable bonds is 8. The lowest BCUT2D eigenvalue weighted by atomic mass is 10.1. The molecule has 1 heterocycles. The molecule has 0 bridgehead atoms. The van der Waals surface area contributed by atoms with E-state index in [9.17, 15) is 9.59 Å². The summed E-state index contributed by atoms with van der Waals surface area (Å²) in [6.45, 7) is 0. The van der Waals surface area contributed by atoms with Gasteiger partial charge in [-0.3, -0.25) is 9.59 Å². The van der Waals surface area contributed by atoms with Gasteiger partial charge in [0, 0.05) is 24.6 Å². The topological polar surface area (TPSA) is 89.8 Å². The summed E-state index contributed by atoms with van der Waals surface area (Å²) >= 11 is 0.